The second kappa shape index (κ2) is 7.99. The number of hydrogen-bond donors (Lipinski definition) is 0. The number of aromatic nitrogens is 1. The van der Waals surface area contributed by atoms with Gasteiger partial charge in [-0.25, -0.2) is 0 Å². The molecule has 0 aliphatic carbocycles. The first-order valence-electron chi connectivity index (χ1n) is 8.78. The number of aryl methyl sites for hydroxylation is 1. The number of rotatable bonds is 5. The summed E-state index contributed by atoms with van der Waals surface area (Å²) in [5.41, 5.74) is 3.89. The molecule has 0 bridgehead atoms. The van der Waals surface area contributed by atoms with Gasteiger partial charge in [-0.2, -0.15) is 0 Å². The van der Waals surface area contributed by atoms with E-state index in [1.54, 1.807) is 12.1 Å². The van der Waals surface area contributed by atoms with Crippen LogP contribution >= 0.6 is 11.6 Å². The number of alkyl halides is 3. The Morgan fingerprint density at radius 1 is 1.17 bits per heavy atom. The van der Waals surface area contributed by atoms with Crippen LogP contribution in [0.3, 0.4) is 0 Å². The molecular formula is C21H19ClF3NO3. The average Bonchev–Trinajstić information content (AvgIpc) is 2.86. The van der Waals surface area contributed by atoms with Gasteiger partial charge in [-0.05, 0) is 54.8 Å². The highest BCUT2D eigenvalue weighted by Gasteiger charge is 2.31. The first-order chi connectivity index (χ1) is 13.6. The molecule has 1 aromatic heterocycles. The van der Waals surface area contributed by atoms with Crippen molar-refractivity contribution in [2.75, 3.05) is 7.11 Å². The molecule has 0 aliphatic rings. The maximum atomic E-state index is 12.5. The molecule has 0 radical (unpaired) electrons. The Labute approximate surface area is 170 Å². The fourth-order valence-electron chi connectivity index (χ4n) is 3.34. The standard InChI is InChI=1S/C21H19ClF3NO3/c1-12-7-17-16(9-20(27)28-3)13(2)26(19(17)10-18(12)22)11-14-5-4-6-15(8-14)29-21(23,24)25/h4-8,10H,9,11H2,1-3H3. The smallest absolute Gasteiger partial charge is 0.469 e. The van der Waals surface area contributed by atoms with Crippen LogP contribution in [0.5, 0.6) is 5.75 Å². The van der Waals surface area contributed by atoms with Gasteiger partial charge in [0, 0.05) is 22.6 Å². The maximum Gasteiger partial charge on any atom is 0.573 e. The number of halogens is 4. The number of carbonyl (C=O) groups excluding carboxylic acids is 1. The van der Waals surface area contributed by atoms with E-state index in [0.29, 0.717) is 10.6 Å². The molecule has 0 fully saturated rings. The van der Waals surface area contributed by atoms with Crippen molar-refractivity contribution in [3.8, 4) is 5.75 Å². The number of hydrogen-bond acceptors (Lipinski definition) is 3. The second-order valence-corrected chi connectivity index (χ2v) is 7.12. The van der Waals surface area contributed by atoms with E-state index in [1.807, 2.05) is 24.5 Å². The number of nitrogens with zero attached hydrogens (tertiary/aromatic N) is 1. The van der Waals surface area contributed by atoms with Crippen LogP contribution in [-0.2, 0) is 22.5 Å². The number of benzene rings is 2. The molecule has 3 aromatic rings. The minimum absolute atomic E-state index is 0.0874. The Morgan fingerprint density at radius 2 is 1.90 bits per heavy atom. The first-order valence-corrected chi connectivity index (χ1v) is 9.16. The molecule has 0 aliphatic heterocycles. The van der Waals surface area contributed by atoms with Crippen LogP contribution in [0.2, 0.25) is 5.02 Å². The fraction of sp³-hybridized carbons (Fsp3) is 0.286. The highest BCUT2D eigenvalue weighted by Crippen LogP contribution is 2.32. The highest BCUT2D eigenvalue weighted by atomic mass is 35.5. The summed E-state index contributed by atoms with van der Waals surface area (Å²) in [5, 5.41) is 1.42. The van der Waals surface area contributed by atoms with Gasteiger partial charge in [-0.1, -0.05) is 23.7 Å². The molecule has 0 atom stereocenters. The molecule has 29 heavy (non-hydrogen) atoms. The Bertz CT molecular complexity index is 1070. The van der Waals surface area contributed by atoms with Gasteiger partial charge in [0.1, 0.15) is 5.75 Å². The molecule has 0 amide bonds. The molecule has 2 aromatic carbocycles. The van der Waals surface area contributed by atoms with E-state index in [1.165, 1.54) is 25.3 Å². The van der Waals surface area contributed by atoms with Crippen LogP contribution in [0.25, 0.3) is 10.9 Å². The van der Waals surface area contributed by atoms with E-state index in [-0.39, 0.29) is 24.7 Å². The fourth-order valence-corrected chi connectivity index (χ4v) is 3.50. The van der Waals surface area contributed by atoms with Gasteiger partial charge < -0.3 is 14.0 Å². The van der Waals surface area contributed by atoms with Gasteiger partial charge in [0.15, 0.2) is 0 Å². The molecule has 8 heteroatoms. The Balaban J connectivity index is 2.08. The van der Waals surface area contributed by atoms with E-state index in [4.69, 9.17) is 16.3 Å². The summed E-state index contributed by atoms with van der Waals surface area (Å²) in [6.45, 7) is 4.02. The third kappa shape index (κ3) is 4.67. The van der Waals surface area contributed by atoms with Gasteiger partial charge in [0.2, 0.25) is 0 Å². The lowest BCUT2D eigenvalue weighted by molar-refractivity contribution is -0.274. The molecule has 1 heterocycles. The lowest BCUT2D eigenvalue weighted by Gasteiger charge is -2.12. The largest absolute Gasteiger partial charge is 0.573 e. The lowest BCUT2D eigenvalue weighted by Crippen LogP contribution is -2.17. The quantitative estimate of drug-likeness (QED) is 0.501. The zero-order valence-electron chi connectivity index (χ0n) is 16.1. The summed E-state index contributed by atoms with van der Waals surface area (Å²) >= 11 is 6.31. The average molecular weight is 426 g/mol. The zero-order valence-corrected chi connectivity index (χ0v) is 16.8. The van der Waals surface area contributed by atoms with Gasteiger partial charge in [-0.15, -0.1) is 13.2 Å². The predicted octanol–water partition coefficient (Wildman–Crippen LogP) is 5.57. The summed E-state index contributed by atoms with van der Waals surface area (Å²) < 4.78 is 48.3. The molecule has 0 spiro atoms. The second-order valence-electron chi connectivity index (χ2n) is 6.72. The molecule has 4 nitrogen and oxygen atoms in total. The molecular weight excluding hydrogens is 407 g/mol. The van der Waals surface area contributed by atoms with Crippen molar-refractivity contribution in [3.63, 3.8) is 0 Å². The van der Waals surface area contributed by atoms with Crippen molar-refractivity contribution in [2.24, 2.45) is 0 Å². The van der Waals surface area contributed by atoms with Gasteiger partial charge in [-0.3, -0.25) is 4.79 Å². The van der Waals surface area contributed by atoms with Crippen LogP contribution in [0.1, 0.15) is 22.4 Å². The van der Waals surface area contributed by atoms with E-state index >= 15 is 0 Å². The van der Waals surface area contributed by atoms with Gasteiger partial charge >= 0.3 is 12.3 Å². The van der Waals surface area contributed by atoms with Crippen LogP contribution in [0.4, 0.5) is 13.2 Å². The van der Waals surface area contributed by atoms with E-state index < -0.39 is 6.36 Å². The monoisotopic (exact) mass is 425 g/mol. The SMILES string of the molecule is COC(=O)Cc1c(C)n(Cc2cccc(OC(F)(F)F)c2)c2cc(Cl)c(C)cc12. The van der Waals surface area contributed by atoms with E-state index in [2.05, 4.69) is 4.74 Å². The van der Waals surface area contributed by atoms with E-state index in [9.17, 15) is 18.0 Å². The summed E-state index contributed by atoms with van der Waals surface area (Å²) in [6, 6.07) is 9.52. The minimum atomic E-state index is -4.76. The van der Waals surface area contributed by atoms with Gasteiger partial charge in [0.25, 0.3) is 0 Å². The Morgan fingerprint density at radius 3 is 2.55 bits per heavy atom. The Kier molecular flexibility index (Phi) is 5.80. The summed E-state index contributed by atoms with van der Waals surface area (Å²) in [7, 11) is 1.32. The van der Waals surface area contributed by atoms with Crippen molar-refractivity contribution >= 4 is 28.5 Å². The van der Waals surface area contributed by atoms with E-state index in [0.717, 1.165) is 27.7 Å². The third-order valence-corrected chi connectivity index (χ3v) is 5.16. The minimum Gasteiger partial charge on any atom is -0.469 e. The van der Waals surface area contributed by atoms with Crippen molar-refractivity contribution in [3.05, 3.63) is 63.8 Å². The zero-order chi connectivity index (χ0) is 21.3. The maximum absolute atomic E-state index is 12.5. The lowest BCUT2D eigenvalue weighted by atomic mass is 10.1. The summed E-state index contributed by atoms with van der Waals surface area (Å²) in [4.78, 5) is 11.9. The molecule has 0 unspecified atom stereocenters. The van der Waals surface area contributed by atoms with Crippen molar-refractivity contribution < 1.29 is 27.4 Å². The third-order valence-electron chi connectivity index (χ3n) is 4.76. The summed E-state index contributed by atoms with van der Waals surface area (Å²) in [6.07, 6.45) is -4.67. The molecule has 0 saturated heterocycles. The summed E-state index contributed by atoms with van der Waals surface area (Å²) in [5.74, 6) is -0.659. The number of fused-ring (bicyclic) bond motifs is 1. The topological polar surface area (TPSA) is 40.5 Å². The molecule has 0 N–H and O–H groups in total. The highest BCUT2D eigenvalue weighted by molar-refractivity contribution is 6.32. The number of esters is 1. The number of carbonyl (C=O) groups is 1. The number of ether oxygens (including phenoxy) is 2. The normalized spacial score (nSPS) is 11.7. The Hall–Kier alpha value is -2.67. The predicted molar refractivity (Wildman–Crippen MR) is 104 cm³/mol. The van der Waals surface area contributed by atoms with Crippen LogP contribution < -0.4 is 4.74 Å². The molecule has 0 saturated carbocycles. The van der Waals surface area contributed by atoms with Gasteiger partial charge in [0.05, 0.1) is 19.0 Å². The molecule has 154 valence electrons. The van der Waals surface area contributed by atoms with Crippen LogP contribution in [0, 0.1) is 13.8 Å². The van der Waals surface area contributed by atoms with Crippen LogP contribution in [-0.4, -0.2) is 24.0 Å². The van der Waals surface area contributed by atoms with Crippen molar-refractivity contribution in [2.45, 2.75) is 33.2 Å². The van der Waals surface area contributed by atoms with Crippen LogP contribution in [0.15, 0.2) is 36.4 Å². The number of methoxy groups -OCH3 is 1. The first kappa shape index (κ1) is 21.0. The molecule has 3 rings (SSSR count). The van der Waals surface area contributed by atoms with Crippen molar-refractivity contribution in [1.29, 1.82) is 0 Å². The van der Waals surface area contributed by atoms with Crippen molar-refractivity contribution in [1.82, 2.24) is 4.57 Å².